The zero-order valence-electron chi connectivity index (χ0n) is 13.3. The summed E-state index contributed by atoms with van der Waals surface area (Å²) in [5.41, 5.74) is 0.561. The molecule has 3 fully saturated rings. The van der Waals surface area contributed by atoms with Crippen molar-refractivity contribution in [3.63, 3.8) is 0 Å². The summed E-state index contributed by atoms with van der Waals surface area (Å²) in [6, 6.07) is 5.35. The van der Waals surface area contributed by atoms with E-state index in [1.807, 2.05) is 0 Å². The Morgan fingerprint density at radius 2 is 2.08 bits per heavy atom. The Labute approximate surface area is 151 Å². The van der Waals surface area contributed by atoms with E-state index in [0.717, 1.165) is 32.0 Å². The maximum Gasteiger partial charge on any atom is 0.319 e. The fourth-order valence-electron chi connectivity index (χ4n) is 3.69. The Morgan fingerprint density at radius 3 is 2.83 bits per heavy atom. The minimum atomic E-state index is -0.233. The van der Waals surface area contributed by atoms with Crippen molar-refractivity contribution in [1.29, 1.82) is 0 Å². The number of urea groups is 1. The van der Waals surface area contributed by atoms with Crippen molar-refractivity contribution in [1.82, 2.24) is 10.2 Å². The van der Waals surface area contributed by atoms with Crippen LogP contribution in [0.15, 0.2) is 18.2 Å². The first kappa shape index (κ1) is 16.5. The first-order valence-corrected chi connectivity index (χ1v) is 9.22. The third kappa shape index (κ3) is 3.64. The average molecular weight is 370 g/mol. The molecule has 4 rings (SSSR count). The highest BCUT2D eigenvalue weighted by Gasteiger charge is 2.42. The van der Waals surface area contributed by atoms with Gasteiger partial charge in [0.25, 0.3) is 0 Å². The van der Waals surface area contributed by atoms with Crippen LogP contribution in [0, 0.1) is 5.92 Å². The summed E-state index contributed by atoms with van der Waals surface area (Å²) in [4.78, 5) is 14.7. The molecular formula is C17H21Cl2N3O2. The Bertz CT molecular complexity index is 638. The quantitative estimate of drug-likeness (QED) is 0.858. The van der Waals surface area contributed by atoms with Crippen molar-refractivity contribution in [3.8, 4) is 0 Å². The molecule has 24 heavy (non-hydrogen) atoms. The van der Waals surface area contributed by atoms with Crippen LogP contribution in [0.3, 0.4) is 0 Å². The van der Waals surface area contributed by atoms with E-state index in [4.69, 9.17) is 27.9 Å². The third-order valence-electron chi connectivity index (χ3n) is 5.11. The summed E-state index contributed by atoms with van der Waals surface area (Å²) >= 11 is 12.0. The Hall–Kier alpha value is -1.01. The zero-order chi connectivity index (χ0) is 16.7. The summed E-state index contributed by atoms with van der Waals surface area (Å²) in [5.74, 6) is 0.758. The number of halogens is 2. The van der Waals surface area contributed by atoms with Crippen LogP contribution in [0.1, 0.15) is 19.3 Å². The third-order valence-corrected chi connectivity index (χ3v) is 5.66. The van der Waals surface area contributed by atoms with Gasteiger partial charge in [0.1, 0.15) is 0 Å². The monoisotopic (exact) mass is 369 g/mol. The number of benzene rings is 1. The van der Waals surface area contributed by atoms with Gasteiger partial charge in [0.15, 0.2) is 0 Å². The molecule has 2 aliphatic heterocycles. The van der Waals surface area contributed by atoms with Gasteiger partial charge < -0.3 is 15.4 Å². The molecule has 0 unspecified atom stereocenters. The molecule has 2 saturated heterocycles. The Balaban J connectivity index is 1.30. The number of morpholine rings is 1. The second-order valence-corrected chi connectivity index (χ2v) is 7.82. The van der Waals surface area contributed by atoms with Gasteiger partial charge in [-0.2, -0.15) is 0 Å². The number of fused-ring (bicyclic) bond motifs is 1. The van der Waals surface area contributed by atoms with E-state index in [9.17, 15) is 4.79 Å². The fourth-order valence-corrected chi connectivity index (χ4v) is 4.15. The Morgan fingerprint density at radius 1 is 1.25 bits per heavy atom. The molecule has 1 aromatic rings. The van der Waals surface area contributed by atoms with Gasteiger partial charge in [0.05, 0.1) is 23.4 Å². The molecular weight excluding hydrogens is 349 g/mol. The number of amides is 2. The number of carbonyl (C=O) groups excluding carboxylic acids is 1. The van der Waals surface area contributed by atoms with E-state index in [1.165, 1.54) is 12.8 Å². The molecule has 0 aromatic heterocycles. The van der Waals surface area contributed by atoms with Crippen molar-refractivity contribution in [3.05, 3.63) is 28.2 Å². The number of carbonyl (C=O) groups is 1. The predicted octanol–water partition coefficient (Wildman–Crippen LogP) is 3.37. The lowest BCUT2D eigenvalue weighted by Crippen LogP contribution is -2.47. The molecule has 2 amide bonds. The number of nitrogens with one attached hydrogen (secondary N) is 2. The van der Waals surface area contributed by atoms with E-state index in [0.29, 0.717) is 27.9 Å². The minimum Gasteiger partial charge on any atom is -0.375 e. The van der Waals surface area contributed by atoms with Crippen LogP contribution < -0.4 is 10.6 Å². The standard InChI is InChI=1S/C17H21Cl2N3O2/c18-11-3-4-15(14(19)5-11)21-17(23)20-12-6-13-9-24-16(10-1-2-10)8-22(13)7-12/h3-5,10,12-13,16H,1-2,6-9H2,(H2,20,21,23)/t12-,13-,16-/m0/s1. The number of rotatable bonds is 3. The molecule has 0 spiro atoms. The first-order valence-electron chi connectivity index (χ1n) is 8.46. The molecule has 7 heteroatoms. The molecule has 5 nitrogen and oxygen atoms in total. The molecule has 3 aliphatic rings. The van der Waals surface area contributed by atoms with Gasteiger partial charge in [-0.1, -0.05) is 23.2 Å². The van der Waals surface area contributed by atoms with Crippen LogP contribution in [0.5, 0.6) is 0 Å². The van der Waals surface area contributed by atoms with Gasteiger partial charge in [-0.3, -0.25) is 4.90 Å². The largest absolute Gasteiger partial charge is 0.375 e. The maximum absolute atomic E-state index is 12.2. The molecule has 2 N–H and O–H groups in total. The normalized spacial score (nSPS) is 30.0. The number of hydrogen-bond donors (Lipinski definition) is 2. The molecule has 0 bridgehead atoms. The van der Waals surface area contributed by atoms with E-state index < -0.39 is 0 Å². The van der Waals surface area contributed by atoms with Crippen molar-refractivity contribution < 1.29 is 9.53 Å². The van der Waals surface area contributed by atoms with Crippen LogP contribution >= 0.6 is 23.2 Å². The van der Waals surface area contributed by atoms with Crippen molar-refractivity contribution >= 4 is 34.9 Å². The van der Waals surface area contributed by atoms with Gasteiger partial charge in [-0.15, -0.1) is 0 Å². The summed E-state index contributed by atoms with van der Waals surface area (Å²) in [6.45, 7) is 2.67. The molecule has 1 aliphatic carbocycles. The lowest BCUT2D eigenvalue weighted by Gasteiger charge is -2.35. The van der Waals surface area contributed by atoms with E-state index >= 15 is 0 Å². The molecule has 130 valence electrons. The van der Waals surface area contributed by atoms with Gasteiger partial charge in [-0.05, 0) is 43.4 Å². The topological polar surface area (TPSA) is 53.6 Å². The second kappa shape index (κ2) is 6.71. The SMILES string of the molecule is O=C(Nc1ccc(Cl)cc1Cl)N[C@H]1C[C@H]2CO[C@H](C3CC3)CN2C1. The van der Waals surface area contributed by atoms with E-state index in [1.54, 1.807) is 18.2 Å². The average Bonchev–Trinajstić information content (AvgIpc) is 3.30. The smallest absolute Gasteiger partial charge is 0.319 e. The first-order chi connectivity index (χ1) is 11.6. The molecule has 1 saturated carbocycles. The molecule has 1 aromatic carbocycles. The van der Waals surface area contributed by atoms with Gasteiger partial charge >= 0.3 is 6.03 Å². The van der Waals surface area contributed by atoms with Crippen LogP contribution in [-0.4, -0.2) is 48.8 Å². The van der Waals surface area contributed by atoms with Crippen molar-refractivity contribution in [2.75, 3.05) is 25.0 Å². The fraction of sp³-hybridized carbons (Fsp3) is 0.588. The lowest BCUT2D eigenvalue weighted by atomic mass is 10.1. The summed E-state index contributed by atoms with van der Waals surface area (Å²) < 4.78 is 5.99. The summed E-state index contributed by atoms with van der Waals surface area (Å²) in [7, 11) is 0. The van der Waals surface area contributed by atoms with Crippen LogP contribution in [0.25, 0.3) is 0 Å². The van der Waals surface area contributed by atoms with Crippen molar-refractivity contribution in [2.45, 2.75) is 37.5 Å². The van der Waals surface area contributed by atoms with Crippen molar-refractivity contribution in [2.24, 2.45) is 5.92 Å². The van der Waals surface area contributed by atoms with Gasteiger partial charge in [0.2, 0.25) is 0 Å². The number of nitrogens with zero attached hydrogens (tertiary/aromatic N) is 1. The zero-order valence-corrected chi connectivity index (χ0v) is 14.8. The predicted molar refractivity (Wildman–Crippen MR) is 94.8 cm³/mol. The summed E-state index contributed by atoms with van der Waals surface area (Å²) in [5, 5.41) is 6.82. The van der Waals surface area contributed by atoms with E-state index in [2.05, 4.69) is 15.5 Å². The van der Waals surface area contributed by atoms with Crippen LogP contribution in [0.4, 0.5) is 10.5 Å². The molecule has 0 radical (unpaired) electrons. The number of ether oxygens (including phenoxy) is 1. The van der Waals surface area contributed by atoms with Gasteiger partial charge in [-0.25, -0.2) is 4.79 Å². The number of hydrogen-bond acceptors (Lipinski definition) is 3. The summed E-state index contributed by atoms with van der Waals surface area (Å²) in [6.07, 6.45) is 3.92. The lowest BCUT2D eigenvalue weighted by molar-refractivity contribution is -0.0581. The minimum absolute atomic E-state index is 0.141. The number of anilines is 1. The van der Waals surface area contributed by atoms with Gasteiger partial charge in [0, 0.05) is 30.2 Å². The van der Waals surface area contributed by atoms with Crippen LogP contribution in [-0.2, 0) is 4.74 Å². The maximum atomic E-state index is 12.2. The molecule has 3 atom stereocenters. The molecule has 2 heterocycles. The highest BCUT2D eigenvalue weighted by molar-refractivity contribution is 6.36. The van der Waals surface area contributed by atoms with E-state index in [-0.39, 0.29) is 12.1 Å². The Kier molecular flexibility index (Phi) is 4.60. The second-order valence-electron chi connectivity index (χ2n) is 6.97. The highest BCUT2D eigenvalue weighted by atomic mass is 35.5. The van der Waals surface area contributed by atoms with Crippen LogP contribution in [0.2, 0.25) is 10.0 Å². The highest BCUT2D eigenvalue weighted by Crippen LogP contribution is 2.37.